The van der Waals surface area contributed by atoms with Crippen molar-refractivity contribution in [3.63, 3.8) is 0 Å². The summed E-state index contributed by atoms with van der Waals surface area (Å²) in [6, 6.07) is 9.12. The zero-order valence-corrected chi connectivity index (χ0v) is 15.2. The summed E-state index contributed by atoms with van der Waals surface area (Å²) in [5, 5.41) is 12.3. The fourth-order valence-electron chi connectivity index (χ4n) is 2.08. The number of aromatic amines is 1. The molecular weight excluding hydrogens is 360 g/mol. The molecule has 0 aliphatic heterocycles. The van der Waals surface area contributed by atoms with Crippen molar-refractivity contribution in [3.05, 3.63) is 35.7 Å². The lowest BCUT2D eigenvalue weighted by Gasteiger charge is -2.10. The number of H-pyrrole nitrogens is 1. The molecule has 2 heterocycles. The maximum absolute atomic E-state index is 12.1. The molecule has 0 fully saturated rings. The van der Waals surface area contributed by atoms with E-state index in [4.69, 9.17) is 9.47 Å². The predicted octanol–water partition coefficient (Wildman–Crippen LogP) is 3.28. The maximum Gasteiger partial charge on any atom is 0.234 e. The molecule has 25 heavy (non-hydrogen) atoms. The number of thioether (sulfide) groups is 1. The Labute approximate surface area is 152 Å². The predicted molar refractivity (Wildman–Crippen MR) is 98.6 cm³/mol. The molecule has 2 N–H and O–H groups in total. The van der Waals surface area contributed by atoms with Gasteiger partial charge in [-0.1, -0.05) is 17.8 Å². The van der Waals surface area contributed by atoms with Gasteiger partial charge in [0.05, 0.1) is 24.8 Å². The topological polar surface area (TPSA) is 89.1 Å². The third-order valence-corrected chi connectivity index (χ3v) is 4.94. The summed E-state index contributed by atoms with van der Waals surface area (Å²) >= 11 is 2.84. The molecule has 0 unspecified atom stereocenters. The third-order valence-electron chi connectivity index (χ3n) is 3.22. The van der Waals surface area contributed by atoms with Crippen molar-refractivity contribution in [1.29, 1.82) is 0 Å². The van der Waals surface area contributed by atoms with E-state index in [-0.39, 0.29) is 11.7 Å². The van der Waals surface area contributed by atoms with Crippen LogP contribution < -0.4 is 14.8 Å². The maximum atomic E-state index is 12.1. The highest BCUT2D eigenvalue weighted by Crippen LogP contribution is 2.30. The lowest BCUT2D eigenvalue weighted by molar-refractivity contribution is -0.113. The van der Waals surface area contributed by atoms with Crippen molar-refractivity contribution in [3.8, 4) is 22.2 Å². The highest BCUT2D eigenvalue weighted by molar-refractivity contribution is 7.99. The van der Waals surface area contributed by atoms with Gasteiger partial charge in [-0.2, -0.15) is 0 Å². The van der Waals surface area contributed by atoms with Crippen molar-refractivity contribution in [1.82, 2.24) is 15.2 Å². The van der Waals surface area contributed by atoms with Gasteiger partial charge in [-0.15, -0.1) is 16.4 Å². The van der Waals surface area contributed by atoms with Gasteiger partial charge < -0.3 is 14.8 Å². The molecular formula is C16H16N4O3S2. The van der Waals surface area contributed by atoms with E-state index in [0.717, 1.165) is 4.88 Å². The van der Waals surface area contributed by atoms with Gasteiger partial charge in [-0.25, -0.2) is 4.98 Å². The lowest BCUT2D eigenvalue weighted by atomic mass is 10.2. The van der Waals surface area contributed by atoms with Crippen LogP contribution in [0, 0.1) is 0 Å². The van der Waals surface area contributed by atoms with Crippen LogP contribution in [0.1, 0.15) is 0 Å². The van der Waals surface area contributed by atoms with Gasteiger partial charge in [0.1, 0.15) is 0 Å². The zero-order chi connectivity index (χ0) is 17.6. The number of hydrogen-bond acceptors (Lipinski definition) is 7. The number of carbonyl (C=O) groups excluding carboxylic acids is 1. The minimum absolute atomic E-state index is 0.153. The molecule has 0 aliphatic rings. The van der Waals surface area contributed by atoms with Crippen LogP contribution in [0.15, 0.2) is 40.9 Å². The minimum atomic E-state index is -0.153. The number of hydrogen-bond donors (Lipinski definition) is 2. The Hall–Kier alpha value is -2.52. The first-order valence-electron chi connectivity index (χ1n) is 7.30. The number of aromatic nitrogens is 3. The Bertz CT molecular complexity index is 849. The fraction of sp³-hybridized carbons (Fsp3) is 0.188. The molecule has 7 nitrogen and oxygen atoms in total. The largest absolute Gasteiger partial charge is 0.493 e. The average Bonchev–Trinajstić information content (AvgIpc) is 3.31. The molecule has 0 bridgehead atoms. The summed E-state index contributed by atoms with van der Waals surface area (Å²) in [4.78, 5) is 17.5. The van der Waals surface area contributed by atoms with Crippen LogP contribution in [0.5, 0.6) is 11.5 Å². The van der Waals surface area contributed by atoms with Gasteiger partial charge >= 0.3 is 0 Å². The average molecular weight is 376 g/mol. The molecule has 1 aromatic carbocycles. The second-order valence-corrected chi connectivity index (χ2v) is 6.74. The SMILES string of the molecule is COc1ccc(NC(=O)CSc2n[nH]c(-c3cccs3)n2)cc1OC. The molecule has 3 rings (SSSR count). The first-order valence-corrected chi connectivity index (χ1v) is 9.17. The van der Waals surface area contributed by atoms with Crippen LogP contribution in [0.4, 0.5) is 5.69 Å². The monoisotopic (exact) mass is 376 g/mol. The smallest absolute Gasteiger partial charge is 0.234 e. The Kier molecular flexibility index (Phi) is 5.56. The van der Waals surface area contributed by atoms with E-state index in [0.29, 0.717) is 28.2 Å². The van der Waals surface area contributed by atoms with Crippen LogP contribution in [-0.4, -0.2) is 41.1 Å². The summed E-state index contributed by atoms with van der Waals surface area (Å²) in [7, 11) is 3.11. The highest BCUT2D eigenvalue weighted by Gasteiger charge is 2.11. The summed E-state index contributed by atoms with van der Waals surface area (Å²) in [6.07, 6.45) is 0. The standard InChI is InChI=1S/C16H16N4O3S2/c1-22-11-6-5-10(8-12(11)23-2)17-14(21)9-25-16-18-15(19-20-16)13-4-3-7-24-13/h3-8H,9H2,1-2H3,(H,17,21)(H,18,19,20). The van der Waals surface area contributed by atoms with Gasteiger partial charge in [0, 0.05) is 11.8 Å². The van der Waals surface area contributed by atoms with Crippen LogP contribution in [0.3, 0.4) is 0 Å². The van der Waals surface area contributed by atoms with Gasteiger partial charge in [0.15, 0.2) is 17.3 Å². The zero-order valence-electron chi connectivity index (χ0n) is 13.6. The number of benzene rings is 1. The number of ether oxygens (including phenoxy) is 2. The third kappa shape index (κ3) is 4.31. The highest BCUT2D eigenvalue weighted by atomic mass is 32.2. The number of nitrogens with zero attached hydrogens (tertiary/aromatic N) is 2. The van der Waals surface area contributed by atoms with Gasteiger partial charge in [0.2, 0.25) is 11.1 Å². The Balaban J connectivity index is 1.56. The van der Waals surface area contributed by atoms with Crippen LogP contribution in [-0.2, 0) is 4.79 Å². The van der Waals surface area contributed by atoms with E-state index in [1.807, 2.05) is 17.5 Å². The van der Waals surface area contributed by atoms with Crippen molar-refractivity contribution in [2.24, 2.45) is 0 Å². The first-order chi connectivity index (χ1) is 12.2. The Morgan fingerprint density at radius 2 is 2.12 bits per heavy atom. The van der Waals surface area contributed by atoms with Crippen LogP contribution in [0.25, 0.3) is 10.7 Å². The van der Waals surface area contributed by atoms with Crippen LogP contribution >= 0.6 is 23.1 Å². The number of carbonyl (C=O) groups is 1. The molecule has 0 saturated heterocycles. The summed E-state index contributed by atoms with van der Waals surface area (Å²) in [5.41, 5.74) is 0.637. The molecule has 130 valence electrons. The number of rotatable bonds is 7. The van der Waals surface area contributed by atoms with Crippen LogP contribution in [0.2, 0.25) is 0 Å². The molecule has 0 radical (unpaired) electrons. The summed E-state index contributed by atoms with van der Waals surface area (Å²) < 4.78 is 10.4. The second-order valence-electron chi connectivity index (χ2n) is 4.85. The Morgan fingerprint density at radius 1 is 1.28 bits per heavy atom. The molecule has 1 amide bonds. The Morgan fingerprint density at radius 3 is 2.84 bits per heavy atom. The van der Waals surface area contributed by atoms with E-state index in [1.165, 1.54) is 11.8 Å². The number of methoxy groups -OCH3 is 2. The fourth-order valence-corrected chi connectivity index (χ4v) is 3.34. The first kappa shape index (κ1) is 17.3. The quantitative estimate of drug-likeness (QED) is 0.615. The number of amides is 1. The normalized spacial score (nSPS) is 10.5. The lowest BCUT2D eigenvalue weighted by Crippen LogP contribution is -2.14. The van der Waals surface area contributed by atoms with Crippen molar-refractivity contribution < 1.29 is 14.3 Å². The molecule has 0 atom stereocenters. The van der Waals surface area contributed by atoms with Gasteiger partial charge in [-0.05, 0) is 23.6 Å². The number of anilines is 1. The van der Waals surface area contributed by atoms with E-state index in [1.54, 1.807) is 43.8 Å². The second kappa shape index (κ2) is 8.04. The van der Waals surface area contributed by atoms with Gasteiger partial charge in [-0.3, -0.25) is 9.89 Å². The van der Waals surface area contributed by atoms with Crippen molar-refractivity contribution >= 4 is 34.7 Å². The van der Waals surface area contributed by atoms with Crippen molar-refractivity contribution in [2.75, 3.05) is 25.3 Å². The molecule has 0 saturated carbocycles. The summed E-state index contributed by atoms with van der Waals surface area (Å²) in [6.45, 7) is 0. The number of nitrogens with one attached hydrogen (secondary N) is 2. The van der Waals surface area contributed by atoms with E-state index < -0.39 is 0 Å². The molecule has 0 spiro atoms. The van der Waals surface area contributed by atoms with Crippen molar-refractivity contribution in [2.45, 2.75) is 5.16 Å². The minimum Gasteiger partial charge on any atom is -0.493 e. The number of thiophene rings is 1. The molecule has 2 aromatic heterocycles. The molecule has 0 aliphatic carbocycles. The van der Waals surface area contributed by atoms with E-state index in [9.17, 15) is 4.79 Å². The van der Waals surface area contributed by atoms with E-state index in [2.05, 4.69) is 20.5 Å². The van der Waals surface area contributed by atoms with Gasteiger partial charge in [0.25, 0.3) is 0 Å². The van der Waals surface area contributed by atoms with E-state index >= 15 is 0 Å². The molecule has 3 aromatic rings. The summed E-state index contributed by atoms with van der Waals surface area (Å²) in [5.74, 6) is 1.92. The molecule has 9 heteroatoms.